The SMILES string of the molecule is CC(C)C1(C2c3cc(C(C)(C)C)ccc3-c3ccc(C(C)(C)C)cc32)C2=C(CC(C(C)(C)C)=C2)C2CCCC21.[Cl-].[Cl-].[Zr+2]. The Balaban J connectivity index is 0.00000161. The first-order chi connectivity index (χ1) is 18.1. The number of benzene rings is 2. The van der Waals surface area contributed by atoms with Crippen molar-refractivity contribution in [2.75, 3.05) is 0 Å². The van der Waals surface area contributed by atoms with Crippen molar-refractivity contribution in [1.82, 2.24) is 0 Å². The van der Waals surface area contributed by atoms with Crippen LogP contribution >= 0.6 is 0 Å². The van der Waals surface area contributed by atoms with E-state index in [1.54, 1.807) is 22.3 Å². The van der Waals surface area contributed by atoms with Crippen LogP contribution in [0.15, 0.2) is 59.2 Å². The van der Waals surface area contributed by atoms with Crippen LogP contribution in [0.3, 0.4) is 0 Å². The van der Waals surface area contributed by atoms with E-state index in [1.165, 1.54) is 47.9 Å². The van der Waals surface area contributed by atoms with Crippen molar-refractivity contribution >= 4 is 0 Å². The van der Waals surface area contributed by atoms with Gasteiger partial charge in [0, 0.05) is 11.3 Å². The number of halogens is 2. The first-order valence-electron chi connectivity index (χ1n) is 15.8. The summed E-state index contributed by atoms with van der Waals surface area (Å²) >= 11 is 0. The van der Waals surface area contributed by atoms with E-state index in [4.69, 9.17) is 0 Å². The summed E-state index contributed by atoms with van der Waals surface area (Å²) in [5.41, 5.74) is 15.0. The van der Waals surface area contributed by atoms with Gasteiger partial charge in [-0.15, -0.1) is 0 Å². The second kappa shape index (κ2) is 11.6. The number of rotatable bonds is 2. The fraction of sp³-hybridized carbons (Fsp3) is 0.590. The summed E-state index contributed by atoms with van der Waals surface area (Å²) in [7, 11) is 0. The second-order valence-electron chi connectivity index (χ2n) is 16.8. The van der Waals surface area contributed by atoms with Crippen LogP contribution in [0.4, 0.5) is 0 Å². The Morgan fingerprint density at radius 1 is 0.714 bits per heavy atom. The van der Waals surface area contributed by atoms with Gasteiger partial charge in [0.1, 0.15) is 0 Å². The Hall–Kier alpha value is -0.617. The Labute approximate surface area is 288 Å². The van der Waals surface area contributed by atoms with E-state index in [-0.39, 0.29) is 72.7 Å². The maximum absolute atomic E-state index is 2.73. The van der Waals surface area contributed by atoms with E-state index in [2.05, 4.69) is 119 Å². The van der Waals surface area contributed by atoms with Crippen molar-refractivity contribution in [3.63, 3.8) is 0 Å². The number of allylic oxidation sites excluding steroid dienone is 4. The predicted octanol–water partition coefficient (Wildman–Crippen LogP) is 5.14. The van der Waals surface area contributed by atoms with Gasteiger partial charge in [0.15, 0.2) is 0 Å². The molecule has 2 aromatic carbocycles. The molecule has 0 N–H and O–H groups in total. The summed E-state index contributed by atoms with van der Waals surface area (Å²) in [4.78, 5) is 0. The van der Waals surface area contributed by atoms with Crippen molar-refractivity contribution in [2.24, 2.45) is 28.6 Å². The molecule has 0 bridgehead atoms. The van der Waals surface area contributed by atoms with E-state index in [1.807, 2.05) is 5.57 Å². The minimum Gasteiger partial charge on any atom is -1.00 e. The molecule has 6 rings (SSSR count). The molecule has 1 saturated carbocycles. The molecule has 4 aliphatic rings. The number of hydrogen-bond donors (Lipinski definition) is 0. The first kappa shape index (κ1) is 35.9. The second-order valence-corrected chi connectivity index (χ2v) is 16.8. The molecule has 3 unspecified atom stereocenters. The van der Waals surface area contributed by atoms with Crippen LogP contribution in [0.5, 0.6) is 0 Å². The molecule has 1 fully saturated rings. The average molecular weight is 683 g/mol. The Morgan fingerprint density at radius 2 is 1.21 bits per heavy atom. The van der Waals surface area contributed by atoms with Crippen LogP contribution in [-0.2, 0) is 37.0 Å². The third-order valence-electron chi connectivity index (χ3n) is 11.2. The van der Waals surface area contributed by atoms with Gasteiger partial charge in [0.25, 0.3) is 0 Å². The van der Waals surface area contributed by atoms with E-state index in [9.17, 15) is 0 Å². The smallest absolute Gasteiger partial charge is 1.00 e. The third kappa shape index (κ3) is 5.22. The van der Waals surface area contributed by atoms with Gasteiger partial charge >= 0.3 is 26.2 Å². The van der Waals surface area contributed by atoms with Crippen LogP contribution in [0.25, 0.3) is 11.1 Å². The van der Waals surface area contributed by atoms with Gasteiger partial charge in [-0.3, -0.25) is 0 Å². The van der Waals surface area contributed by atoms with Crippen LogP contribution in [0.1, 0.15) is 130 Å². The number of hydrogen-bond acceptors (Lipinski definition) is 0. The van der Waals surface area contributed by atoms with Crippen LogP contribution < -0.4 is 24.8 Å². The van der Waals surface area contributed by atoms with Gasteiger partial charge in [-0.2, -0.15) is 0 Å². The summed E-state index contributed by atoms with van der Waals surface area (Å²) in [6, 6.07) is 15.0. The molecule has 0 heterocycles. The molecule has 0 aromatic heterocycles. The summed E-state index contributed by atoms with van der Waals surface area (Å²) < 4.78 is 0. The number of fused-ring (bicyclic) bond motifs is 5. The zero-order valence-electron chi connectivity index (χ0n) is 27.9. The average Bonchev–Trinajstić information content (AvgIpc) is 3.57. The fourth-order valence-electron chi connectivity index (χ4n) is 9.13. The Bertz CT molecular complexity index is 1340. The minimum atomic E-state index is 0. The van der Waals surface area contributed by atoms with E-state index >= 15 is 0 Å². The van der Waals surface area contributed by atoms with E-state index in [0.717, 1.165) is 11.8 Å². The van der Waals surface area contributed by atoms with Crippen molar-refractivity contribution in [3.05, 3.63) is 81.4 Å². The van der Waals surface area contributed by atoms with Gasteiger partial charge < -0.3 is 24.8 Å². The maximum Gasteiger partial charge on any atom is 2.00 e. The molecule has 0 radical (unpaired) electrons. The first-order valence-corrected chi connectivity index (χ1v) is 15.8. The third-order valence-corrected chi connectivity index (χ3v) is 11.2. The van der Waals surface area contributed by atoms with Gasteiger partial charge in [-0.05, 0) is 92.2 Å². The molecule has 0 aliphatic heterocycles. The molecule has 42 heavy (non-hydrogen) atoms. The maximum atomic E-state index is 2.73. The van der Waals surface area contributed by atoms with E-state index in [0.29, 0.717) is 11.8 Å². The Kier molecular flexibility index (Phi) is 9.93. The van der Waals surface area contributed by atoms with Crippen molar-refractivity contribution in [2.45, 2.75) is 119 Å². The molecule has 0 nitrogen and oxygen atoms in total. The Morgan fingerprint density at radius 3 is 1.64 bits per heavy atom. The van der Waals surface area contributed by atoms with E-state index < -0.39 is 0 Å². The summed E-state index contributed by atoms with van der Waals surface area (Å²) in [6.45, 7) is 26.7. The molecule has 2 aromatic rings. The quantitative estimate of drug-likeness (QED) is 0.412. The molecule has 0 amide bonds. The largest absolute Gasteiger partial charge is 2.00 e. The fourth-order valence-corrected chi connectivity index (χ4v) is 9.13. The summed E-state index contributed by atoms with van der Waals surface area (Å²) in [6.07, 6.45) is 8.10. The van der Waals surface area contributed by atoms with Gasteiger partial charge in [0.2, 0.25) is 0 Å². The summed E-state index contributed by atoms with van der Waals surface area (Å²) in [5.74, 6) is 2.51. The van der Waals surface area contributed by atoms with Gasteiger partial charge in [0.05, 0.1) is 0 Å². The zero-order valence-corrected chi connectivity index (χ0v) is 31.9. The van der Waals surface area contributed by atoms with Crippen LogP contribution in [0, 0.1) is 28.6 Å². The molecular formula is C39H52Cl2Zr. The molecule has 0 saturated heterocycles. The zero-order chi connectivity index (χ0) is 28.3. The van der Waals surface area contributed by atoms with Gasteiger partial charge in [-0.1, -0.05) is 136 Å². The normalized spacial score (nSPS) is 24.8. The molecule has 3 heteroatoms. The molecule has 226 valence electrons. The molecular weight excluding hydrogens is 631 g/mol. The monoisotopic (exact) mass is 680 g/mol. The van der Waals surface area contributed by atoms with Crippen molar-refractivity contribution in [1.29, 1.82) is 0 Å². The molecule has 3 atom stereocenters. The van der Waals surface area contributed by atoms with Gasteiger partial charge in [-0.25, -0.2) is 0 Å². The van der Waals surface area contributed by atoms with Crippen LogP contribution in [-0.4, -0.2) is 0 Å². The minimum absolute atomic E-state index is 0. The molecule has 0 spiro atoms. The van der Waals surface area contributed by atoms with Crippen molar-refractivity contribution in [3.8, 4) is 11.1 Å². The topological polar surface area (TPSA) is 0 Å². The predicted molar refractivity (Wildman–Crippen MR) is 168 cm³/mol. The standard InChI is InChI=1S/C39H52.2ClH.Zr/c1-23(2)39(33-14-12-13-29(33)30-21-26(22-34(30)39)38(9,10)11)35-31-19-24(36(3,4)5)15-17-27(31)28-18-16-25(20-32(28)35)37(6,7)8;;;/h15-20,22-23,29,33,35H,12-14,21H2,1-11H3;2*1H;/q;;;+2/p-2. The molecule has 4 aliphatic carbocycles. The summed E-state index contributed by atoms with van der Waals surface area (Å²) in [5, 5.41) is 0. The van der Waals surface area contributed by atoms with Crippen molar-refractivity contribution < 1.29 is 51.0 Å². The van der Waals surface area contributed by atoms with Crippen LogP contribution in [0.2, 0.25) is 0 Å².